The lowest BCUT2D eigenvalue weighted by atomic mass is 9.99. The van der Waals surface area contributed by atoms with E-state index in [0.717, 1.165) is 120 Å². The molecular formula is C83H162O17P2. The molecule has 0 saturated carbocycles. The average molecular weight is 1490 g/mol. The number of ether oxygens (including phenoxy) is 4. The second-order valence-corrected chi connectivity index (χ2v) is 33.7. The van der Waals surface area contributed by atoms with Gasteiger partial charge in [-0.25, -0.2) is 9.13 Å². The molecule has 0 aromatic rings. The van der Waals surface area contributed by atoms with Crippen LogP contribution in [0.15, 0.2) is 0 Å². The maximum Gasteiger partial charge on any atom is 0.472 e. The lowest BCUT2D eigenvalue weighted by molar-refractivity contribution is -0.161. The molecule has 0 saturated heterocycles. The molecule has 0 aliphatic carbocycles. The van der Waals surface area contributed by atoms with Crippen molar-refractivity contribution in [2.75, 3.05) is 39.6 Å². The summed E-state index contributed by atoms with van der Waals surface area (Å²) in [5.41, 5.74) is 0. The molecular weight excluding hydrogens is 1330 g/mol. The Kier molecular flexibility index (Phi) is 70.6. The SMILES string of the molecule is CCC(C)CCCCCCCCCCCCCCCCCCCCC(=O)OC[C@H](COP(=O)(O)OC[C@@H](O)COP(=O)(O)OC[C@@H](COC(=O)CCCCCCCCC(C)CC)OC(=O)CCCCCCCCCCCCCCCCC(C)CC)OC(=O)CCCCCCCCCCC(C)CC. The zero-order chi connectivity index (χ0) is 75.3. The molecule has 0 fully saturated rings. The van der Waals surface area contributed by atoms with Gasteiger partial charge in [-0.2, -0.15) is 0 Å². The summed E-state index contributed by atoms with van der Waals surface area (Å²) in [5.74, 6) is 1.10. The van der Waals surface area contributed by atoms with Crippen LogP contribution < -0.4 is 0 Å². The topological polar surface area (TPSA) is 237 Å². The van der Waals surface area contributed by atoms with Crippen molar-refractivity contribution in [1.82, 2.24) is 0 Å². The van der Waals surface area contributed by atoms with Crippen LogP contribution in [0.4, 0.5) is 0 Å². The summed E-state index contributed by atoms with van der Waals surface area (Å²) in [5, 5.41) is 10.6. The number of carbonyl (C=O) groups excluding carboxylic acids is 4. The third-order valence-corrected chi connectivity index (χ3v) is 22.7. The zero-order valence-electron chi connectivity index (χ0n) is 67.2. The van der Waals surface area contributed by atoms with Crippen molar-refractivity contribution < 1.29 is 80.2 Å². The Bertz CT molecular complexity index is 2000. The van der Waals surface area contributed by atoms with Crippen molar-refractivity contribution in [3.8, 4) is 0 Å². The minimum Gasteiger partial charge on any atom is -0.462 e. The van der Waals surface area contributed by atoms with Crippen molar-refractivity contribution in [3.63, 3.8) is 0 Å². The van der Waals surface area contributed by atoms with E-state index in [4.69, 9.17) is 37.0 Å². The predicted octanol–water partition coefficient (Wildman–Crippen LogP) is 24.8. The van der Waals surface area contributed by atoms with Crippen molar-refractivity contribution in [2.45, 2.75) is 446 Å². The average Bonchev–Trinajstić information content (AvgIpc) is 0.906. The maximum absolute atomic E-state index is 13.1. The van der Waals surface area contributed by atoms with Gasteiger partial charge >= 0.3 is 39.5 Å². The molecule has 0 bridgehead atoms. The molecule has 9 atom stereocenters. The van der Waals surface area contributed by atoms with Crippen LogP contribution in [0.2, 0.25) is 0 Å². The number of unbranched alkanes of at least 4 members (excludes halogenated alkanes) is 42. The summed E-state index contributed by atoms with van der Waals surface area (Å²) in [7, 11) is -9.92. The summed E-state index contributed by atoms with van der Waals surface area (Å²) in [6.07, 6.45) is 59.7. The number of hydrogen-bond acceptors (Lipinski definition) is 15. The van der Waals surface area contributed by atoms with Gasteiger partial charge in [-0.1, -0.05) is 376 Å². The van der Waals surface area contributed by atoms with Gasteiger partial charge < -0.3 is 33.8 Å². The number of aliphatic hydroxyl groups excluding tert-OH is 1. The molecule has 0 aromatic heterocycles. The van der Waals surface area contributed by atoms with Crippen LogP contribution in [0.3, 0.4) is 0 Å². The van der Waals surface area contributed by atoms with Crippen molar-refractivity contribution in [3.05, 3.63) is 0 Å². The van der Waals surface area contributed by atoms with Gasteiger partial charge in [-0.05, 0) is 49.4 Å². The first-order valence-corrected chi connectivity index (χ1v) is 45.8. The van der Waals surface area contributed by atoms with Crippen LogP contribution in [-0.4, -0.2) is 96.7 Å². The highest BCUT2D eigenvalue weighted by molar-refractivity contribution is 7.47. The summed E-state index contributed by atoms with van der Waals surface area (Å²) in [6, 6.07) is 0. The summed E-state index contributed by atoms with van der Waals surface area (Å²) in [4.78, 5) is 73.1. The maximum atomic E-state index is 13.1. The van der Waals surface area contributed by atoms with Crippen molar-refractivity contribution >= 4 is 39.5 Å². The second-order valence-electron chi connectivity index (χ2n) is 30.8. The standard InChI is InChI=1S/C83H162O17P2/c1-9-73(5)59-51-43-35-29-25-21-17-15-13-14-16-18-23-27-31-38-47-55-63-80(85)93-69-78(100-83(88)66-58-50-40-34-33-37-45-53-61-75(7)11-3)71-97-101(89,90)95-67-77(84)68-96-102(91,92)98-72-79(70-94-81(86)64-56-48-42-41-46-54-62-76(8)12-4)99-82(87)65-57-49-39-32-28-24-20-19-22-26-30-36-44-52-60-74(6)10-2/h73-79,84H,9-72H2,1-8H3,(H,89,90)(H,91,92)/t73?,74?,75?,76?,77-,78-,79-/m1/s1. The van der Waals surface area contributed by atoms with E-state index in [1.807, 2.05) is 0 Å². The third kappa shape index (κ3) is 71.0. The minimum atomic E-state index is -4.96. The number of aliphatic hydroxyl groups is 1. The Hall–Kier alpha value is -1.94. The number of rotatable bonds is 80. The molecule has 606 valence electrons. The largest absolute Gasteiger partial charge is 0.472 e. The Morgan fingerprint density at radius 3 is 0.647 bits per heavy atom. The number of esters is 4. The number of carbonyl (C=O) groups is 4. The van der Waals surface area contributed by atoms with Crippen LogP contribution >= 0.6 is 15.6 Å². The lowest BCUT2D eigenvalue weighted by Gasteiger charge is -2.21. The Morgan fingerprint density at radius 2 is 0.441 bits per heavy atom. The van der Waals surface area contributed by atoms with E-state index in [2.05, 4.69) is 55.4 Å². The van der Waals surface area contributed by atoms with Crippen LogP contribution in [0.5, 0.6) is 0 Å². The molecule has 0 aliphatic heterocycles. The molecule has 0 amide bonds. The van der Waals surface area contributed by atoms with Crippen LogP contribution in [0, 0.1) is 23.7 Å². The van der Waals surface area contributed by atoms with Crippen LogP contribution in [-0.2, 0) is 65.4 Å². The molecule has 0 rings (SSSR count). The molecule has 6 unspecified atom stereocenters. The van der Waals surface area contributed by atoms with Crippen LogP contribution in [0.1, 0.15) is 428 Å². The molecule has 19 heteroatoms. The smallest absolute Gasteiger partial charge is 0.462 e. The number of phosphoric acid groups is 2. The molecule has 102 heavy (non-hydrogen) atoms. The normalized spacial score (nSPS) is 15.0. The van der Waals surface area contributed by atoms with Gasteiger partial charge in [0, 0.05) is 25.7 Å². The van der Waals surface area contributed by atoms with E-state index in [1.54, 1.807) is 0 Å². The summed E-state index contributed by atoms with van der Waals surface area (Å²) >= 11 is 0. The molecule has 0 aromatic carbocycles. The van der Waals surface area contributed by atoms with Gasteiger partial charge in [0.15, 0.2) is 12.2 Å². The van der Waals surface area contributed by atoms with Gasteiger partial charge in [0.2, 0.25) is 0 Å². The molecule has 0 radical (unpaired) electrons. The lowest BCUT2D eigenvalue weighted by Crippen LogP contribution is -2.30. The number of hydrogen-bond donors (Lipinski definition) is 3. The van der Waals surface area contributed by atoms with E-state index in [0.29, 0.717) is 25.7 Å². The molecule has 0 heterocycles. The summed E-state index contributed by atoms with van der Waals surface area (Å²) in [6.45, 7) is 14.3. The molecule has 0 aliphatic rings. The highest BCUT2D eigenvalue weighted by atomic mass is 31.2. The highest BCUT2D eigenvalue weighted by Crippen LogP contribution is 2.45. The quantitative estimate of drug-likeness (QED) is 0.0222. The fraction of sp³-hybridized carbons (Fsp3) is 0.952. The first-order valence-electron chi connectivity index (χ1n) is 42.9. The molecule has 0 spiro atoms. The number of phosphoric ester groups is 2. The fourth-order valence-electron chi connectivity index (χ4n) is 12.7. The zero-order valence-corrected chi connectivity index (χ0v) is 69.0. The van der Waals surface area contributed by atoms with E-state index < -0.39 is 97.5 Å². The molecule has 3 N–H and O–H groups in total. The first kappa shape index (κ1) is 100. The minimum absolute atomic E-state index is 0.105. The van der Waals surface area contributed by atoms with Crippen LogP contribution in [0.25, 0.3) is 0 Å². The van der Waals surface area contributed by atoms with Crippen molar-refractivity contribution in [2.24, 2.45) is 23.7 Å². The van der Waals surface area contributed by atoms with Crippen molar-refractivity contribution in [1.29, 1.82) is 0 Å². The molecule has 17 nitrogen and oxygen atoms in total. The summed E-state index contributed by atoms with van der Waals surface area (Å²) < 4.78 is 68.7. The predicted molar refractivity (Wildman–Crippen MR) is 418 cm³/mol. The second kappa shape index (κ2) is 72.0. The third-order valence-electron chi connectivity index (χ3n) is 20.8. The van der Waals surface area contributed by atoms with Gasteiger partial charge in [0.25, 0.3) is 0 Å². The Morgan fingerprint density at radius 1 is 0.265 bits per heavy atom. The van der Waals surface area contributed by atoms with E-state index in [9.17, 15) is 43.2 Å². The van der Waals surface area contributed by atoms with E-state index >= 15 is 0 Å². The first-order chi connectivity index (χ1) is 49.2. The fourth-order valence-corrected chi connectivity index (χ4v) is 14.2. The Labute approximate surface area is 626 Å². The van der Waals surface area contributed by atoms with E-state index in [-0.39, 0.29) is 25.7 Å². The van der Waals surface area contributed by atoms with Gasteiger partial charge in [0.1, 0.15) is 19.3 Å². The monoisotopic (exact) mass is 1490 g/mol. The van der Waals surface area contributed by atoms with Gasteiger partial charge in [-0.3, -0.25) is 37.3 Å². The Balaban J connectivity index is 5.17. The van der Waals surface area contributed by atoms with E-state index in [1.165, 1.54) is 225 Å². The van der Waals surface area contributed by atoms with Gasteiger partial charge in [-0.15, -0.1) is 0 Å². The van der Waals surface area contributed by atoms with Gasteiger partial charge in [0.05, 0.1) is 26.4 Å². The highest BCUT2D eigenvalue weighted by Gasteiger charge is 2.30.